The number of nitrogens with one attached hydrogen (secondary N) is 1. The number of fused-ring (bicyclic) bond motifs is 1. The highest BCUT2D eigenvalue weighted by atomic mass is 79.9. The molecule has 0 amide bonds. The number of hydrogen-bond acceptors (Lipinski definition) is 2. The Balaban J connectivity index is 1.89. The van der Waals surface area contributed by atoms with Crippen LogP contribution in [-0.2, 0) is 4.74 Å². The molecule has 0 fully saturated rings. The first-order valence-corrected chi connectivity index (χ1v) is 11.3. The zero-order valence-corrected chi connectivity index (χ0v) is 19.4. The molecule has 0 bridgehead atoms. The fourth-order valence-corrected chi connectivity index (χ4v) is 4.05. The lowest BCUT2D eigenvalue weighted by Gasteiger charge is -2.23. The minimum absolute atomic E-state index is 0.744. The highest BCUT2D eigenvalue weighted by molar-refractivity contribution is 9.10. The summed E-state index contributed by atoms with van der Waals surface area (Å²) in [7, 11) is 0. The standard InChI is InChI=1S/C26H29BrN2O/c1-4-15-28-26-14-12-20(23-9-7-8-10-24(23)26)18-21-11-13-22(19-25(21)27)29(5-2)16-17-30-6-3/h4,7-14,18-19H,1,5-6,15-17H2,2-3H3/p+1. The number of allylic oxidation sites excluding steroid dienone is 3. The summed E-state index contributed by atoms with van der Waals surface area (Å²) in [6, 6.07) is 15.1. The van der Waals surface area contributed by atoms with Gasteiger partial charge in [-0.3, -0.25) is 0 Å². The Labute approximate surface area is 188 Å². The third-order valence-corrected chi connectivity index (χ3v) is 5.83. The molecule has 0 saturated carbocycles. The molecule has 1 N–H and O–H groups in total. The van der Waals surface area contributed by atoms with Gasteiger partial charge in [-0.15, -0.1) is 0 Å². The largest absolute Gasteiger partial charge is 0.380 e. The summed E-state index contributed by atoms with van der Waals surface area (Å²) in [6.45, 7) is 12.1. The molecule has 3 rings (SSSR count). The van der Waals surface area contributed by atoms with Gasteiger partial charge in [0.05, 0.1) is 12.2 Å². The van der Waals surface area contributed by atoms with Gasteiger partial charge in [0.1, 0.15) is 0 Å². The first-order chi connectivity index (χ1) is 14.7. The van der Waals surface area contributed by atoms with Crippen LogP contribution in [0.1, 0.15) is 30.5 Å². The van der Waals surface area contributed by atoms with Gasteiger partial charge in [0.15, 0.2) is 6.54 Å². The summed E-state index contributed by atoms with van der Waals surface area (Å²) in [6.07, 6.45) is 8.44. The monoisotopic (exact) mass is 465 g/mol. The summed E-state index contributed by atoms with van der Waals surface area (Å²) >= 11 is 3.78. The molecule has 1 aliphatic carbocycles. The molecule has 30 heavy (non-hydrogen) atoms. The topological polar surface area (TPSA) is 26.4 Å². The Morgan fingerprint density at radius 3 is 2.60 bits per heavy atom. The van der Waals surface area contributed by atoms with E-state index in [9.17, 15) is 0 Å². The molecule has 2 aromatic carbocycles. The molecular formula is C26H30BrN2O+. The van der Waals surface area contributed by atoms with Crippen molar-refractivity contribution < 1.29 is 9.73 Å². The van der Waals surface area contributed by atoms with Crippen molar-refractivity contribution in [2.45, 2.75) is 13.8 Å². The fraction of sp³-hybridized carbons (Fsp3) is 0.269. The molecule has 0 saturated heterocycles. The third kappa shape index (κ3) is 5.38. The smallest absolute Gasteiger partial charge is 0.206 e. The Morgan fingerprint density at radius 1 is 1.10 bits per heavy atom. The van der Waals surface area contributed by atoms with E-state index in [2.05, 4.69) is 100 Å². The summed E-state index contributed by atoms with van der Waals surface area (Å²) in [5.74, 6) is 0. The maximum Gasteiger partial charge on any atom is 0.206 e. The van der Waals surface area contributed by atoms with Crippen LogP contribution in [0.2, 0.25) is 0 Å². The van der Waals surface area contributed by atoms with E-state index in [1.165, 1.54) is 22.4 Å². The number of benzene rings is 2. The number of likely N-dealkylation sites (N-methyl/N-ethyl adjacent to an activating group) is 1. The molecule has 2 aromatic rings. The van der Waals surface area contributed by atoms with E-state index < -0.39 is 0 Å². The minimum Gasteiger partial charge on any atom is -0.380 e. The first-order valence-electron chi connectivity index (χ1n) is 10.5. The molecule has 0 aromatic heterocycles. The number of nitrogens with zero attached hydrogens (tertiary/aromatic N) is 1. The van der Waals surface area contributed by atoms with Crippen molar-refractivity contribution in [2.24, 2.45) is 0 Å². The second-order valence-electron chi connectivity index (χ2n) is 7.04. The van der Waals surface area contributed by atoms with Gasteiger partial charge >= 0.3 is 0 Å². The Kier molecular flexibility index (Phi) is 8.23. The van der Waals surface area contributed by atoms with Gasteiger partial charge in [-0.1, -0.05) is 46.8 Å². The molecule has 156 valence electrons. The number of hydrogen-bond donors (Lipinski definition) is 1. The Hall–Kier alpha value is -2.43. The van der Waals surface area contributed by atoms with Gasteiger partial charge in [0, 0.05) is 35.9 Å². The number of ether oxygens (including phenoxy) is 1. The minimum atomic E-state index is 0.744. The fourth-order valence-electron chi connectivity index (χ4n) is 3.57. The van der Waals surface area contributed by atoms with Crippen molar-refractivity contribution in [2.75, 3.05) is 37.7 Å². The molecular weight excluding hydrogens is 436 g/mol. The van der Waals surface area contributed by atoms with Crippen LogP contribution < -0.4 is 9.89 Å². The van der Waals surface area contributed by atoms with Crippen LogP contribution in [0.15, 0.2) is 71.7 Å². The first kappa shape index (κ1) is 22.3. The van der Waals surface area contributed by atoms with Crippen molar-refractivity contribution in [3.8, 4) is 0 Å². The van der Waals surface area contributed by atoms with Gasteiger partial charge in [0.2, 0.25) is 5.71 Å². The summed E-state index contributed by atoms with van der Waals surface area (Å²) in [5.41, 5.74) is 7.15. The summed E-state index contributed by atoms with van der Waals surface area (Å²) < 4.78 is 6.62. The van der Waals surface area contributed by atoms with E-state index in [0.29, 0.717) is 0 Å². The zero-order chi connectivity index (χ0) is 21.3. The van der Waals surface area contributed by atoms with Crippen molar-refractivity contribution in [3.05, 3.63) is 88.4 Å². The molecule has 0 atom stereocenters. The lowest BCUT2D eigenvalue weighted by atomic mass is 9.90. The molecule has 3 nitrogen and oxygen atoms in total. The molecule has 0 spiro atoms. The molecule has 0 aliphatic heterocycles. The molecule has 0 unspecified atom stereocenters. The van der Waals surface area contributed by atoms with Gasteiger partial charge in [-0.2, -0.15) is 0 Å². The van der Waals surface area contributed by atoms with Crippen LogP contribution >= 0.6 is 15.9 Å². The molecule has 4 heteroatoms. The van der Waals surface area contributed by atoms with E-state index in [-0.39, 0.29) is 0 Å². The second kappa shape index (κ2) is 11.1. The SMILES string of the molecule is C=CC[NH+]=C1C=CC(=Cc2ccc(N(CC)CCOCC)cc2Br)c2ccccc21. The third-order valence-electron chi connectivity index (χ3n) is 5.15. The van der Waals surface area contributed by atoms with Gasteiger partial charge in [0.25, 0.3) is 0 Å². The van der Waals surface area contributed by atoms with Crippen LogP contribution in [-0.4, -0.2) is 38.6 Å². The van der Waals surface area contributed by atoms with Crippen LogP contribution in [0.25, 0.3) is 11.6 Å². The lowest BCUT2D eigenvalue weighted by molar-refractivity contribution is -0.442. The van der Waals surface area contributed by atoms with Crippen LogP contribution in [0.3, 0.4) is 0 Å². The van der Waals surface area contributed by atoms with Crippen molar-refractivity contribution in [1.82, 2.24) is 0 Å². The van der Waals surface area contributed by atoms with E-state index in [1.54, 1.807) is 0 Å². The molecule has 0 heterocycles. The lowest BCUT2D eigenvalue weighted by Crippen LogP contribution is -2.72. The maximum atomic E-state index is 5.53. The Morgan fingerprint density at radius 2 is 1.90 bits per heavy atom. The van der Waals surface area contributed by atoms with Crippen molar-refractivity contribution in [3.63, 3.8) is 0 Å². The summed E-state index contributed by atoms with van der Waals surface area (Å²) in [5, 5.41) is 0. The van der Waals surface area contributed by atoms with E-state index in [0.717, 1.165) is 48.6 Å². The van der Waals surface area contributed by atoms with E-state index >= 15 is 0 Å². The number of anilines is 1. The second-order valence-corrected chi connectivity index (χ2v) is 7.90. The molecule has 0 radical (unpaired) electrons. The quantitative estimate of drug-likeness (QED) is 0.436. The van der Waals surface area contributed by atoms with Crippen LogP contribution in [0.4, 0.5) is 5.69 Å². The molecule has 1 aliphatic rings. The average Bonchev–Trinajstić information content (AvgIpc) is 2.77. The van der Waals surface area contributed by atoms with Crippen LogP contribution in [0, 0.1) is 0 Å². The average molecular weight is 466 g/mol. The highest BCUT2D eigenvalue weighted by Gasteiger charge is 2.18. The maximum absolute atomic E-state index is 5.53. The van der Waals surface area contributed by atoms with Crippen molar-refractivity contribution in [1.29, 1.82) is 0 Å². The Bertz CT molecular complexity index is 975. The van der Waals surface area contributed by atoms with Gasteiger partial charge in [-0.05, 0) is 67.0 Å². The highest BCUT2D eigenvalue weighted by Crippen LogP contribution is 2.31. The van der Waals surface area contributed by atoms with Crippen molar-refractivity contribution >= 4 is 39.0 Å². The van der Waals surface area contributed by atoms with Gasteiger partial charge in [-0.25, -0.2) is 4.99 Å². The number of rotatable bonds is 9. The predicted molar refractivity (Wildman–Crippen MR) is 132 cm³/mol. The van der Waals surface area contributed by atoms with Gasteiger partial charge < -0.3 is 9.64 Å². The normalized spacial score (nSPS) is 15.4. The van der Waals surface area contributed by atoms with Crippen LogP contribution in [0.5, 0.6) is 0 Å². The van der Waals surface area contributed by atoms with E-state index in [4.69, 9.17) is 4.74 Å². The number of halogens is 1. The zero-order valence-electron chi connectivity index (χ0n) is 17.8. The summed E-state index contributed by atoms with van der Waals surface area (Å²) in [4.78, 5) is 5.76. The van der Waals surface area contributed by atoms with E-state index in [1.807, 2.05) is 13.0 Å². The predicted octanol–water partition coefficient (Wildman–Crippen LogP) is 4.48.